The lowest BCUT2D eigenvalue weighted by molar-refractivity contribution is -0.144. The first-order chi connectivity index (χ1) is 51.4. The average molecular weight is 1580 g/mol. The van der Waals surface area contributed by atoms with Crippen LogP contribution in [0.5, 0.6) is 0 Å². The number of alkyl halides is 3. The number of thiazole rings is 1. The van der Waals surface area contributed by atoms with Gasteiger partial charge in [0.05, 0.1) is 38.8 Å². The van der Waals surface area contributed by atoms with Crippen molar-refractivity contribution in [3.63, 3.8) is 0 Å². The predicted octanol–water partition coefficient (Wildman–Crippen LogP) is 12.8. The van der Waals surface area contributed by atoms with Gasteiger partial charge < -0.3 is 40.7 Å². The van der Waals surface area contributed by atoms with Crippen LogP contribution in [0, 0.1) is 29.6 Å². The minimum atomic E-state index is -6.17. The molecule has 12 rings (SSSR count). The van der Waals surface area contributed by atoms with Gasteiger partial charge in [-0.25, -0.2) is 26.5 Å². The van der Waals surface area contributed by atoms with Crippen LogP contribution in [0.2, 0.25) is 5.02 Å². The predicted molar refractivity (Wildman–Crippen MR) is 417 cm³/mol. The molecule has 6 aliphatic rings. The summed E-state index contributed by atoms with van der Waals surface area (Å²) in [5, 5.41) is 20.5. The van der Waals surface area contributed by atoms with Crippen molar-refractivity contribution in [1.29, 1.82) is 0 Å². The van der Waals surface area contributed by atoms with Crippen LogP contribution in [-0.4, -0.2) is 184 Å². The summed E-state index contributed by atoms with van der Waals surface area (Å²) in [5.74, 6) is -1.49. The molecule has 5 N–H and O–H groups in total. The lowest BCUT2D eigenvalue weighted by Gasteiger charge is -2.38. The molecule has 5 fully saturated rings. The monoisotopic (exact) mass is 1580 g/mol. The Hall–Kier alpha value is -7.37. The van der Waals surface area contributed by atoms with Crippen LogP contribution in [0.4, 0.5) is 24.5 Å². The number of likely N-dealkylation sites (tertiary alicyclic amines) is 3. The number of unbranched alkanes of at least 4 members (excludes halogenated alkanes) is 3. The van der Waals surface area contributed by atoms with Gasteiger partial charge in [0.1, 0.15) is 17.0 Å². The van der Waals surface area contributed by atoms with E-state index in [-0.39, 0.29) is 54.6 Å². The van der Waals surface area contributed by atoms with E-state index in [0.29, 0.717) is 93.5 Å². The number of rotatable bonds is 29. The van der Waals surface area contributed by atoms with E-state index in [0.717, 1.165) is 90.0 Å². The number of amides is 5. The zero-order valence-corrected chi connectivity index (χ0v) is 65.8. The second-order valence-corrected chi connectivity index (χ2v) is 37.2. The lowest BCUT2D eigenvalue weighted by Crippen LogP contribution is -2.57. The molecule has 108 heavy (non-hydrogen) atoms. The fourth-order valence-electron chi connectivity index (χ4n) is 15.9. The Balaban J connectivity index is 0.593. The standard InChI is InChI=1S/C80H98ClF3N10O10S4/c1-52(54-17-19-56(20-18-54)73-53(2)85-51-106-73)86-76(99)69-41-64(95)49-94(69)77(100)74(78(3,4)5)88-71(96)15-11-6-7-12-16-72(97)93-47-59-45-91(46-60(59)48-93)36-32-62(50-105-65-13-9-8-10-14-65)87-68-30-29-66(42-70(68)107(101,102)80(82,83)84)108(103,104)89-75(98)57-23-27-63(28-24-57)92-39-37-90(38-40-92)44-58-43-79(34-35-79)33-31-67(58)55-21-25-61(81)26-22-55/h8-10,13-14,17-30,42,51-52,59-60,62,64,69,74,87,95H,6-7,11-12,15-16,31-41,43-50H2,1-5H3,(H,86,99)(H,88,96)(H,89,98)/t52-,59?,60?,62+,64?,69?,74+/m0/s1. The maximum atomic E-state index is 14.6. The van der Waals surface area contributed by atoms with Crippen molar-refractivity contribution in [3.05, 3.63) is 160 Å². The molecule has 5 aromatic carbocycles. The maximum absolute atomic E-state index is 14.6. The van der Waals surface area contributed by atoms with Crippen molar-refractivity contribution < 1.29 is 59.1 Å². The zero-order valence-electron chi connectivity index (χ0n) is 61.8. The quantitative estimate of drug-likeness (QED) is 0.0216. The smallest absolute Gasteiger partial charge is 0.391 e. The molecule has 7 atom stereocenters. The number of sulfone groups is 1. The molecular formula is C80H98ClF3N10O10S4. The summed E-state index contributed by atoms with van der Waals surface area (Å²) >= 11 is 9.22. The Labute approximate surface area is 645 Å². The van der Waals surface area contributed by atoms with E-state index in [9.17, 15) is 59.1 Å². The van der Waals surface area contributed by atoms with Crippen molar-refractivity contribution in [2.24, 2.45) is 22.7 Å². The first-order valence-electron chi connectivity index (χ1n) is 37.5. The molecule has 1 saturated carbocycles. The van der Waals surface area contributed by atoms with Crippen LogP contribution in [0.15, 0.2) is 147 Å². The number of hydrogen-bond donors (Lipinski definition) is 5. The summed E-state index contributed by atoms with van der Waals surface area (Å²) in [4.78, 5) is 83.1. The second kappa shape index (κ2) is 34.1. The van der Waals surface area contributed by atoms with E-state index in [1.54, 1.807) is 29.0 Å². The number of nitrogens with zero attached hydrogens (tertiary/aromatic N) is 6. The number of aliphatic hydroxyl groups excluding tert-OH is 1. The highest BCUT2D eigenvalue weighted by Gasteiger charge is 2.50. The van der Waals surface area contributed by atoms with Crippen LogP contribution < -0.4 is 25.6 Å². The highest BCUT2D eigenvalue weighted by Crippen LogP contribution is 2.59. The lowest BCUT2D eigenvalue weighted by atomic mass is 9.79. The minimum absolute atomic E-state index is 0.0274. The fourth-order valence-corrected chi connectivity index (χ4v) is 19.8. The molecule has 1 spiro atoms. The molecule has 0 radical (unpaired) electrons. The number of carbonyl (C=O) groups excluding carboxylic acids is 5. The van der Waals surface area contributed by atoms with Gasteiger partial charge in [-0.2, -0.15) is 13.2 Å². The van der Waals surface area contributed by atoms with Crippen LogP contribution >= 0.6 is 34.7 Å². The molecule has 6 aromatic rings. The van der Waals surface area contributed by atoms with E-state index in [4.69, 9.17) is 11.6 Å². The fraction of sp³-hybridized carbons (Fsp3) is 0.500. The number of sulfonamides is 1. The number of aliphatic hydroxyl groups is 1. The minimum Gasteiger partial charge on any atom is -0.391 e. The summed E-state index contributed by atoms with van der Waals surface area (Å²) < 4.78 is 101. The SMILES string of the molecule is Cc1ncsc1-c1ccc([C@H](C)NC(=O)C2CC(O)CN2C(=O)[C@@H](NC(=O)CCCCCCC(=O)N2CC3CN(CC[C@H](CSc4ccccc4)Nc4ccc(S(=O)(=O)NC(=O)c5ccc(N6CCN(CC7=C(c8ccc(Cl)cc8)CCC8(CC8)C7)CC6)cc5)cc4S(=O)(=O)C(F)(F)F)CC3C2)C(C)(C)C)cc1. The topological polar surface area (TPSA) is 251 Å². The van der Waals surface area contributed by atoms with E-state index in [2.05, 4.69) is 47.8 Å². The molecule has 20 nitrogen and oxygen atoms in total. The number of halogens is 4. The van der Waals surface area contributed by atoms with Gasteiger partial charge in [-0.3, -0.25) is 28.9 Å². The van der Waals surface area contributed by atoms with E-state index >= 15 is 0 Å². The summed E-state index contributed by atoms with van der Waals surface area (Å²) in [6.07, 6.45) is 8.47. The molecule has 1 aromatic heterocycles. The third-order valence-electron chi connectivity index (χ3n) is 22.3. The first-order valence-corrected chi connectivity index (χ1v) is 42.7. The molecule has 0 bridgehead atoms. The number of aromatic nitrogens is 1. The zero-order chi connectivity index (χ0) is 76.9. The van der Waals surface area contributed by atoms with Gasteiger partial charge in [0, 0.05) is 124 Å². The van der Waals surface area contributed by atoms with E-state index in [1.807, 2.05) is 111 Å². The molecule has 5 amide bonds. The van der Waals surface area contributed by atoms with Crippen LogP contribution in [-0.2, 0) is 39.0 Å². The Bertz CT molecular complexity index is 4460. The van der Waals surface area contributed by atoms with Crippen LogP contribution in [0.1, 0.15) is 144 Å². The average Bonchev–Trinajstić information content (AvgIpc) is 1.41. The molecule has 580 valence electrons. The summed E-state index contributed by atoms with van der Waals surface area (Å²) in [7, 11) is -11.1. The molecular weight excluding hydrogens is 1480 g/mol. The highest BCUT2D eigenvalue weighted by atomic mass is 35.5. The van der Waals surface area contributed by atoms with Gasteiger partial charge in [0.15, 0.2) is 0 Å². The van der Waals surface area contributed by atoms with Crippen LogP contribution in [0.25, 0.3) is 16.0 Å². The number of hydrogen-bond acceptors (Lipinski definition) is 17. The van der Waals surface area contributed by atoms with Crippen molar-refractivity contribution in [1.82, 2.24) is 39.9 Å². The molecule has 2 aliphatic carbocycles. The van der Waals surface area contributed by atoms with Crippen molar-refractivity contribution in [3.8, 4) is 10.4 Å². The Morgan fingerprint density at radius 3 is 2.07 bits per heavy atom. The number of fused-ring (bicyclic) bond motifs is 1. The van der Waals surface area contributed by atoms with Gasteiger partial charge in [0.2, 0.25) is 23.6 Å². The first kappa shape index (κ1) is 80.2. The number of allylic oxidation sites excluding steroid dienone is 1. The largest absolute Gasteiger partial charge is 0.501 e. The number of thioether (sulfide) groups is 1. The number of aryl methyl sites for hydroxylation is 1. The Kier molecular flexibility index (Phi) is 25.3. The van der Waals surface area contributed by atoms with Gasteiger partial charge in [-0.1, -0.05) is 105 Å². The van der Waals surface area contributed by atoms with E-state index < -0.39 is 88.2 Å². The molecule has 5 heterocycles. The Morgan fingerprint density at radius 2 is 1.44 bits per heavy atom. The summed E-state index contributed by atoms with van der Waals surface area (Å²) in [6.45, 7) is 16.2. The number of carbonyl (C=O) groups is 5. The third kappa shape index (κ3) is 19.7. The molecule has 4 saturated heterocycles. The number of β-amino-alcohol motifs (C(OH)–C–C–N with tert-alkyl or cyclic N) is 1. The normalized spacial score (nSPS) is 20.7. The molecule has 4 unspecified atom stereocenters. The molecule has 28 heteroatoms. The van der Waals surface area contributed by atoms with Crippen molar-refractivity contribution in [2.45, 2.75) is 169 Å². The van der Waals surface area contributed by atoms with Crippen molar-refractivity contribution >= 4 is 101 Å². The van der Waals surface area contributed by atoms with Gasteiger partial charge >= 0.3 is 5.51 Å². The number of nitrogens with one attached hydrogen (secondary N) is 4. The van der Waals surface area contributed by atoms with Crippen LogP contribution in [0.3, 0.4) is 0 Å². The number of piperazine rings is 1. The van der Waals surface area contributed by atoms with Gasteiger partial charge in [-0.15, -0.1) is 23.1 Å². The van der Waals surface area contributed by atoms with Crippen molar-refractivity contribution in [2.75, 3.05) is 88.0 Å². The number of benzene rings is 5. The summed E-state index contributed by atoms with van der Waals surface area (Å²) in [5.41, 5.74) is 3.04. The van der Waals surface area contributed by atoms with E-state index in [1.165, 1.54) is 64.8 Å². The highest BCUT2D eigenvalue weighted by molar-refractivity contribution is 7.99. The van der Waals surface area contributed by atoms with Gasteiger partial charge in [-0.05, 0) is 177 Å². The van der Waals surface area contributed by atoms with Gasteiger partial charge in [0.25, 0.3) is 25.8 Å². The summed E-state index contributed by atoms with van der Waals surface area (Å²) in [6, 6.07) is 31.2. The second-order valence-electron chi connectivity index (χ2n) is 31.2. The maximum Gasteiger partial charge on any atom is 0.501 e. The third-order valence-corrected chi connectivity index (χ3v) is 27.6. The Morgan fingerprint density at radius 1 is 0.769 bits per heavy atom. The molecule has 4 aliphatic heterocycles. The number of anilines is 2.